The van der Waals surface area contributed by atoms with Crippen molar-refractivity contribution in [3.63, 3.8) is 0 Å². The molecule has 0 unspecified atom stereocenters. The number of pyridine rings is 1. The van der Waals surface area contributed by atoms with Crippen molar-refractivity contribution in [2.75, 3.05) is 5.32 Å². The van der Waals surface area contributed by atoms with E-state index in [4.69, 9.17) is 27.9 Å². The predicted octanol–water partition coefficient (Wildman–Crippen LogP) is 3.87. The summed E-state index contributed by atoms with van der Waals surface area (Å²) in [6.45, 7) is 5.05. The first-order chi connectivity index (χ1) is 7.70. The maximum absolute atomic E-state index is 13.3. The minimum atomic E-state index is -0.819. The largest absolute Gasteiger partial charge is 0.444 e. The van der Waals surface area contributed by atoms with Crippen LogP contribution in [0.25, 0.3) is 0 Å². The molecule has 1 aromatic rings. The molecule has 0 bridgehead atoms. The molecule has 4 nitrogen and oxygen atoms in total. The summed E-state index contributed by atoms with van der Waals surface area (Å²) in [6, 6.07) is 0. The Morgan fingerprint density at radius 3 is 2.59 bits per heavy atom. The SMILES string of the molecule is CC(C)(C)OC(=O)Nc1c(F)cnc(Cl)c1Cl. The van der Waals surface area contributed by atoms with Crippen molar-refractivity contribution >= 4 is 35.0 Å². The van der Waals surface area contributed by atoms with Crippen LogP contribution in [0.5, 0.6) is 0 Å². The molecule has 0 aliphatic heterocycles. The van der Waals surface area contributed by atoms with Gasteiger partial charge in [-0.2, -0.15) is 0 Å². The first-order valence-corrected chi connectivity index (χ1v) is 5.46. The van der Waals surface area contributed by atoms with Crippen LogP contribution in [0.2, 0.25) is 10.2 Å². The van der Waals surface area contributed by atoms with E-state index in [2.05, 4.69) is 10.3 Å². The summed E-state index contributed by atoms with van der Waals surface area (Å²) >= 11 is 11.3. The second kappa shape index (κ2) is 5.06. The van der Waals surface area contributed by atoms with E-state index >= 15 is 0 Å². The maximum Gasteiger partial charge on any atom is 0.412 e. The molecule has 1 aromatic heterocycles. The predicted molar refractivity (Wildman–Crippen MR) is 64.1 cm³/mol. The van der Waals surface area contributed by atoms with Gasteiger partial charge in [-0.25, -0.2) is 14.2 Å². The molecular formula is C10H11Cl2FN2O2. The van der Waals surface area contributed by atoms with Crippen molar-refractivity contribution in [2.45, 2.75) is 26.4 Å². The van der Waals surface area contributed by atoms with Gasteiger partial charge in [-0.3, -0.25) is 5.32 Å². The summed E-state index contributed by atoms with van der Waals surface area (Å²) in [5.74, 6) is -0.787. The monoisotopic (exact) mass is 280 g/mol. The third-order valence-electron chi connectivity index (χ3n) is 1.56. The molecule has 1 heterocycles. The summed E-state index contributed by atoms with van der Waals surface area (Å²) in [7, 11) is 0. The van der Waals surface area contributed by atoms with Gasteiger partial charge in [-0.1, -0.05) is 23.2 Å². The lowest BCUT2D eigenvalue weighted by atomic mass is 10.2. The fourth-order valence-electron chi connectivity index (χ4n) is 0.963. The second-order valence-corrected chi connectivity index (χ2v) is 4.95. The van der Waals surface area contributed by atoms with E-state index < -0.39 is 17.5 Å². The highest BCUT2D eigenvalue weighted by Gasteiger charge is 2.20. The number of rotatable bonds is 1. The Labute approximate surface area is 108 Å². The van der Waals surface area contributed by atoms with E-state index in [9.17, 15) is 9.18 Å². The first kappa shape index (κ1) is 14.0. The number of ether oxygens (including phenoxy) is 1. The van der Waals surface area contributed by atoms with Crippen LogP contribution < -0.4 is 5.32 Å². The Morgan fingerprint density at radius 1 is 1.47 bits per heavy atom. The van der Waals surface area contributed by atoms with Crippen molar-refractivity contribution in [3.8, 4) is 0 Å². The van der Waals surface area contributed by atoms with Gasteiger partial charge < -0.3 is 4.74 Å². The number of hydrogen-bond donors (Lipinski definition) is 1. The average Bonchev–Trinajstić information content (AvgIpc) is 2.16. The smallest absolute Gasteiger partial charge is 0.412 e. The van der Waals surface area contributed by atoms with Gasteiger partial charge in [-0.15, -0.1) is 0 Å². The van der Waals surface area contributed by atoms with Crippen molar-refractivity contribution in [3.05, 3.63) is 22.2 Å². The maximum atomic E-state index is 13.3. The Bertz CT molecular complexity index is 447. The Balaban J connectivity index is 2.89. The van der Waals surface area contributed by atoms with Crippen LogP contribution in [-0.2, 0) is 4.74 Å². The minimum absolute atomic E-state index is 0.0980. The summed E-state index contributed by atoms with van der Waals surface area (Å²) in [5.41, 5.74) is -0.940. The van der Waals surface area contributed by atoms with Crippen molar-refractivity contribution in [1.82, 2.24) is 4.98 Å². The molecule has 1 N–H and O–H groups in total. The van der Waals surface area contributed by atoms with Gasteiger partial charge in [0, 0.05) is 0 Å². The fourth-order valence-corrected chi connectivity index (χ4v) is 1.29. The third-order valence-corrected chi connectivity index (χ3v) is 2.31. The molecule has 0 saturated carbocycles. The summed E-state index contributed by atoms with van der Waals surface area (Å²) in [4.78, 5) is 14.9. The zero-order valence-electron chi connectivity index (χ0n) is 9.47. The quantitative estimate of drug-likeness (QED) is 0.795. The van der Waals surface area contributed by atoms with E-state index in [-0.39, 0.29) is 15.9 Å². The number of amides is 1. The lowest BCUT2D eigenvalue weighted by molar-refractivity contribution is 0.0635. The molecule has 0 fully saturated rings. The molecule has 94 valence electrons. The molecule has 0 aromatic carbocycles. The van der Waals surface area contributed by atoms with Crippen molar-refractivity contribution < 1.29 is 13.9 Å². The molecule has 0 spiro atoms. The molecular weight excluding hydrogens is 270 g/mol. The van der Waals surface area contributed by atoms with Crippen LogP contribution in [-0.4, -0.2) is 16.7 Å². The molecule has 1 amide bonds. The van der Waals surface area contributed by atoms with E-state index in [1.54, 1.807) is 20.8 Å². The van der Waals surface area contributed by atoms with E-state index in [0.29, 0.717) is 0 Å². The average molecular weight is 281 g/mol. The van der Waals surface area contributed by atoms with Gasteiger partial charge in [-0.05, 0) is 20.8 Å². The zero-order chi connectivity index (χ0) is 13.2. The second-order valence-electron chi connectivity index (χ2n) is 4.21. The summed E-state index contributed by atoms with van der Waals surface area (Å²) < 4.78 is 18.3. The molecule has 0 radical (unpaired) electrons. The number of hydrogen-bond acceptors (Lipinski definition) is 3. The van der Waals surface area contributed by atoms with Crippen LogP contribution in [0.3, 0.4) is 0 Å². The number of halogens is 3. The number of carbonyl (C=O) groups excluding carboxylic acids is 1. The standard InChI is InChI=1S/C10H11Cl2FN2O2/c1-10(2,3)17-9(16)15-7-5(13)4-14-8(12)6(7)11/h4H,1-3H3,(H,14,15,16). The van der Waals surface area contributed by atoms with Gasteiger partial charge in [0.05, 0.1) is 6.20 Å². The van der Waals surface area contributed by atoms with Crippen LogP contribution in [0.15, 0.2) is 6.20 Å². The van der Waals surface area contributed by atoms with Crippen LogP contribution in [0.1, 0.15) is 20.8 Å². The van der Waals surface area contributed by atoms with E-state index in [1.807, 2.05) is 0 Å². The highest BCUT2D eigenvalue weighted by Crippen LogP contribution is 2.30. The Kier molecular flexibility index (Phi) is 4.16. The summed E-state index contributed by atoms with van der Waals surface area (Å²) in [6.07, 6.45) is 0.0431. The number of nitrogens with zero attached hydrogens (tertiary/aromatic N) is 1. The van der Waals surface area contributed by atoms with Crippen LogP contribution in [0, 0.1) is 5.82 Å². The van der Waals surface area contributed by atoms with Crippen LogP contribution >= 0.6 is 23.2 Å². The normalized spacial score (nSPS) is 11.2. The lowest BCUT2D eigenvalue weighted by Gasteiger charge is -2.20. The third kappa shape index (κ3) is 4.02. The molecule has 1 rings (SSSR count). The molecule has 0 atom stereocenters. The van der Waals surface area contributed by atoms with E-state index in [0.717, 1.165) is 6.20 Å². The zero-order valence-corrected chi connectivity index (χ0v) is 11.0. The number of carbonyl (C=O) groups is 1. The van der Waals surface area contributed by atoms with Gasteiger partial charge in [0.15, 0.2) is 5.82 Å². The lowest BCUT2D eigenvalue weighted by Crippen LogP contribution is -2.27. The molecule has 7 heteroatoms. The Hall–Kier alpha value is -1.07. The number of anilines is 1. The number of nitrogens with one attached hydrogen (secondary N) is 1. The van der Waals surface area contributed by atoms with Crippen LogP contribution in [0.4, 0.5) is 14.9 Å². The van der Waals surface area contributed by atoms with Gasteiger partial charge in [0.25, 0.3) is 0 Å². The first-order valence-electron chi connectivity index (χ1n) is 4.70. The van der Waals surface area contributed by atoms with Crippen molar-refractivity contribution in [1.29, 1.82) is 0 Å². The Morgan fingerprint density at radius 2 is 2.06 bits per heavy atom. The number of aromatic nitrogens is 1. The minimum Gasteiger partial charge on any atom is -0.444 e. The van der Waals surface area contributed by atoms with E-state index in [1.165, 1.54) is 0 Å². The van der Waals surface area contributed by atoms with Gasteiger partial charge >= 0.3 is 6.09 Å². The summed E-state index contributed by atoms with van der Waals surface area (Å²) in [5, 5.41) is 1.92. The van der Waals surface area contributed by atoms with Crippen molar-refractivity contribution in [2.24, 2.45) is 0 Å². The molecule has 17 heavy (non-hydrogen) atoms. The molecule has 0 saturated heterocycles. The highest BCUT2D eigenvalue weighted by atomic mass is 35.5. The topological polar surface area (TPSA) is 51.2 Å². The molecule has 0 aliphatic carbocycles. The fraction of sp³-hybridized carbons (Fsp3) is 0.400. The highest BCUT2D eigenvalue weighted by molar-refractivity contribution is 6.43. The van der Waals surface area contributed by atoms with Gasteiger partial charge in [0.2, 0.25) is 0 Å². The van der Waals surface area contributed by atoms with Gasteiger partial charge in [0.1, 0.15) is 21.5 Å². The molecule has 0 aliphatic rings.